The van der Waals surface area contributed by atoms with Gasteiger partial charge in [0, 0.05) is 19.6 Å². The third kappa shape index (κ3) is 8.19. The minimum Gasteiger partial charge on any atom is -0.489 e. The Kier molecular flexibility index (Phi) is 9.03. The van der Waals surface area contributed by atoms with E-state index in [1.54, 1.807) is 0 Å². The Bertz CT molecular complexity index is 867. The Morgan fingerprint density at radius 3 is 2.68 bits per heavy atom. The Balaban J connectivity index is 1.36. The number of ether oxygens (including phenoxy) is 2. The van der Waals surface area contributed by atoms with Crippen LogP contribution in [0.15, 0.2) is 59.7 Å². The molecule has 2 aromatic rings. The summed E-state index contributed by atoms with van der Waals surface area (Å²) in [5.41, 5.74) is 4.07. The van der Waals surface area contributed by atoms with Crippen molar-refractivity contribution in [3.63, 3.8) is 0 Å². The maximum absolute atomic E-state index is 11.9. The average Bonchev–Trinajstić information content (AvgIpc) is 2.82. The number of benzene rings is 2. The largest absolute Gasteiger partial charge is 0.489 e. The molecule has 1 aliphatic heterocycles. The first-order valence-electron chi connectivity index (χ1n) is 10.4. The molecule has 8 nitrogen and oxygen atoms in total. The van der Waals surface area contributed by atoms with Crippen molar-refractivity contribution in [1.29, 1.82) is 0 Å². The van der Waals surface area contributed by atoms with Crippen molar-refractivity contribution in [2.24, 2.45) is 5.10 Å². The van der Waals surface area contributed by atoms with Gasteiger partial charge in [0.15, 0.2) is 0 Å². The molecule has 0 spiro atoms. The molecule has 1 fully saturated rings. The average molecular weight is 425 g/mol. The molecule has 2 N–H and O–H groups in total. The SMILES string of the molecule is O=C(NCCCN1CCOCC1)C(=O)N/N=C\c1cccc(OCc2ccccc2)c1. The van der Waals surface area contributed by atoms with E-state index in [-0.39, 0.29) is 0 Å². The Hall–Kier alpha value is -3.23. The normalized spacial score (nSPS) is 14.3. The molecular formula is C23H28N4O4. The van der Waals surface area contributed by atoms with Crippen LogP contribution in [0.25, 0.3) is 0 Å². The minimum absolute atomic E-state index is 0.439. The lowest BCUT2D eigenvalue weighted by molar-refractivity contribution is -0.139. The zero-order valence-electron chi connectivity index (χ0n) is 17.5. The number of nitrogens with one attached hydrogen (secondary N) is 2. The second-order valence-corrected chi connectivity index (χ2v) is 7.11. The summed E-state index contributed by atoms with van der Waals surface area (Å²) in [4.78, 5) is 26.0. The molecule has 1 aliphatic rings. The van der Waals surface area contributed by atoms with E-state index < -0.39 is 11.8 Å². The van der Waals surface area contributed by atoms with Crippen LogP contribution in [0.1, 0.15) is 17.5 Å². The number of carbonyl (C=O) groups is 2. The van der Waals surface area contributed by atoms with Crippen LogP contribution >= 0.6 is 0 Å². The first-order valence-corrected chi connectivity index (χ1v) is 10.4. The van der Waals surface area contributed by atoms with E-state index in [1.807, 2.05) is 54.6 Å². The highest BCUT2D eigenvalue weighted by molar-refractivity contribution is 6.35. The monoisotopic (exact) mass is 424 g/mol. The van der Waals surface area contributed by atoms with Crippen molar-refractivity contribution in [3.8, 4) is 5.75 Å². The summed E-state index contributed by atoms with van der Waals surface area (Å²) in [6.45, 7) is 5.07. The van der Waals surface area contributed by atoms with Gasteiger partial charge in [0.2, 0.25) is 0 Å². The molecule has 0 bridgehead atoms. The van der Waals surface area contributed by atoms with E-state index in [2.05, 4.69) is 20.7 Å². The lowest BCUT2D eigenvalue weighted by Crippen LogP contribution is -2.40. The lowest BCUT2D eigenvalue weighted by Gasteiger charge is -2.26. The van der Waals surface area contributed by atoms with Gasteiger partial charge in [-0.25, -0.2) is 5.43 Å². The van der Waals surface area contributed by atoms with Gasteiger partial charge in [-0.05, 0) is 36.2 Å². The fourth-order valence-electron chi connectivity index (χ4n) is 3.05. The Morgan fingerprint density at radius 2 is 1.87 bits per heavy atom. The topological polar surface area (TPSA) is 92.3 Å². The number of morpholine rings is 1. The number of rotatable bonds is 9. The van der Waals surface area contributed by atoms with Crippen LogP contribution in [0.4, 0.5) is 0 Å². The summed E-state index contributed by atoms with van der Waals surface area (Å²) in [7, 11) is 0. The molecule has 3 rings (SSSR count). The van der Waals surface area contributed by atoms with Crippen molar-refractivity contribution < 1.29 is 19.1 Å². The van der Waals surface area contributed by atoms with E-state index >= 15 is 0 Å². The van der Waals surface area contributed by atoms with Gasteiger partial charge >= 0.3 is 11.8 Å². The van der Waals surface area contributed by atoms with Crippen LogP contribution < -0.4 is 15.5 Å². The first-order chi connectivity index (χ1) is 15.2. The molecule has 0 unspecified atom stereocenters. The molecule has 0 aliphatic carbocycles. The van der Waals surface area contributed by atoms with E-state index in [0.29, 0.717) is 18.9 Å². The molecular weight excluding hydrogens is 396 g/mol. The Morgan fingerprint density at radius 1 is 1.06 bits per heavy atom. The van der Waals surface area contributed by atoms with E-state index in [1.165, 1.54) is 6.21 Å². The first kappa shape index (κ1) is 22.5. The van der Waals surface area contributed by atoms with Crippen molar-refractivity contribution >= 4 is 18.0 Å². The smallest absolute Gasteiger partial charge is 0.329 e. The summed E-state index contributed by atoms with van der Waals surface area (Å²) in [6, 6.07) is 17.2. The summed E-state index contributed by atoms with van der Waals surface area (Å²) >= 11 is 0. The molecule has 0 aromatic heterocycles. The molecule has 0 atom stereocenters. The summed E-state index contributed by atoms with van der Waals surface area (Å²) in [5.74, 6) is -0.796. The molecule has 164 valence electrons. The number of hydrogen-bond acceptors (Lipinski definition) is 6. The van der Waals surface area contributed by atoms with Crippen LogP contribution in [0.5, 0.6) is 5.75 Å². The predicted molar refractivity (Wildman–Crippen MR) is 118 cm³/mol. The maximum Gasteiger partial charge on any atom is 0.329 e. The highest BCUT2D eigenvalue weighted by Crippen LogP contribution is 2.14. The van der Waals surface area contributed by atoms with Crippen LogP contribution in [-0.4, -0.2) is 62.3 Å². The van der Waals surface area contributed by atoms with Gasteiger partial charge in [0.05, 0.1) is 19.4 Å². The predicted octanol–water partition coefficient (Wildman–Crippen LogP) is 1.55. The van der Waals surface area contributed by atoms with E-state index in [9.17, 15) is 9.59 Å². The van der Waals surface area contributed by atoms with Crippen molar-refractivity contribution in [1.82, 2.24) is 15.6 Å². The number of nitrogens with zero attached hydrogens (tertiary/aromatic N) is 2. The van der Waals surface area contributed by atoms with Gasteiger partial charge in [-0.2, -0.15) is 5.10 Å². The summed E-state index contributed by atoms with van der Waals surface area (Å²) < 4.78 is 11.1. The van der Waals surface area contributed by atoms with Gasteiger partial charge in [0.25, 0.3) is 0 Å². The maximum atomic E-state index is 11.9. The molecule has 2 amide bonds. The van der Waals surface area contributed by atoms with Gasteiger partial charge in [0.1, 0.15) is 12.4 Å². The third-order valence-corrected chi connectivity index (χ3v) is 4.73. The molecule has 31 heavy (non-hydrogen) atoms. The van der Waals surface area contributed by atoms with Gasteiger partial charge in [-0.15, -0.1) is 0 Å². The molecule has 2 aromatic carbocycles. The van der Waals surface area contributed by atoms with Crippen molar-refractivity contribution in [3.05, 3.63) is 65.7 Å². The van der Waals surface area contributed by atoms with Gasteiger partial charge in [-0.1, -0.05) is 42.5 Å². The lowest BCUT2D eigenvalue weighted by atomic mass is 10.2. The molecule has 0 saturated carbocycles. The van der Waals surface area contributed by atoms with Crippen LogP contribution in [0.2, 0.25) is 0 Å². The fraction of sp³-hybridized carbons (Fsp3) is 0.348. The Labute approximate surface area is 182 Å². The molecule has 1 heterocycles. The van der Waals surface area contributed by atoms with Crippen LogP contribution in [0.3, 0.4) is 0 Å². The highest BCUT2D eigenvalue weighted by atomic mass is 16.5. The van der Waals surface area contributed by atoms with Gasteiger partial charge in [-0.3, -0.25) is 14.5 Å². The highest BCUT2D eigenvalue weighted by Gasteiger charge is 2.13. The number of carbonyl (C=O) groups excluding carboxylic acids is 2. The molecule has 1 saturated heterocycles. The minimum atomic E-state index is -0.792. The van der Waals surface area contributed by atoms with Crippen LogP contribution in [-0.2, 0) is 20.9 Å². The fourth-order valence-corrected chi connectivity index (χ4v) is 3.05. The number of hydrogen-bond donors (Lipinski definition) is 2. The standard InChI is InChI=1S/C23H28N4O4/c28-22(24-10-5-11-27-12-14-30-15-13-27)23(29)26-25-17-20-8-4-9-21(16-20)31-18-19-6-2-1-3-7-19/h1-4,6-9,16-17H,5,10-15,18H2,(H,24,28)(H,26,29)/b25-17-. The quantitative estimate of drug-likeness (QED) is 0.276. The van der Waals surface area contributed by atoms with Crippen molar-refractivity contribution in [2.45, 2.75) is 13.0 Å². The third-order valence-electron chi connectivity index (χ3n) is 4.73. The summed E-state index contributed by atoms with van der Waals surface area (Å²) in [5, 5.41) is 6.47. The van der Waals surface area contributed by atoms with E-state index in [0.717, 1.165) is 50.4 Å². The zero-order valence-corrected chi connectivity index (χ0v) is 17.5. The summed E-state index contributed by atoms with van der Waals surface area (Å²) in [6.07, 6.45) is 2.25. The second-order valence-electron chi connectivity index (χ2n) is 7.11. The van der Waals surface area contributed by atoms with E-state index in [4.69, 9.17) is 9.47 Å². The molecule has 0 radical (unpaired) electrons. The second kappa shape index (κ2) is 12.5. The van der Waals surface area contributed by atoms with Gasteiger partial charge < -0.3 is 14.8 Å². The number of hydrazone groups is 1. The number of amides is 2. The zero-order chi connectivity index (χ0) is 21.7. The van der Waals surface area contributed by atoms with Crippen molar-refractivity contribution in [2.75, 3.05) is 39.4 Å². The molecule has 8 heteroatoms. The van der Waals surface area contributed by atoms with Crippen LogP contribution in [0, 0.1) is 0 Å².